The van der Waals surface area contributed by atoms with E-state index >= 15 is 0 Å². The van der Waals surface area contributed by atoms with Crippen LogP contribution < -0.4 is 5.32 Å². The number of nitrogens with zero attached hydrogens (tertiary/aromatic N) is 4. The summed E-state index contributed by atoms with van der Waals surface area (Å²) in [6.07, 6.45) is 0.592. The lowest BCUT2D eigenvalue weighted by atomic mass is 10.1. The molecule has 1 N–H and O–H groups in total. The molecule has 0 bridgehead atoms. The van der Waals surface area contributed by atoms with Crippen LogP contribution in [0, 0.1) is 32.1 Å². The number of nitrogens with one attached hydrogen (secondary N) is 1. The molecule has 0 saturated heterocycles. The number of nitriles is 1. The quantitative estimate of drug-likeness (QED) is 0.647. The topological polar surface area (TPSA) is 109 Å². The van der Waals surface area contributed by atoms with Crippen molar-refractivity contribution in [2.45, 2.75) is 33.6 Å². The summed E-state index contributed by atoms with van der Waals surface area (Å²) in [5.41, 5.74) is 5.42. The maximum atomic E-state index is 12.1. The largest absolute Gasteiger partial charge is 0.456 e. The number of carbonyl (C=O) groups is 2. The molecule has 0 unspecified atom stereocenters. The molecule has 2 heterocycles. The van der Waals surface area contributed by atoms with Crippen LogP contribution in [0.25, 0.3) is 5.65 Å². The van der Waals surface area contributed by atoms with E-state index in [1.54, 1.807) is 28.8 Å². The summed E-state index contributed by atoms with van der Waals surface area (Å²) >= 11 is 0. The molecule has 148 valence electrons. The van der Waals surface area contributed by atoms with E-state index in [2.05, 4.69) is 15.4 Å². The SMILES string of the molecule is Cc1cc2nc(C)c(CCC(=O)OCC(=O)Nc3ccc(C#N)cc3)c(C)n2n1. The van der Waals surface area contributed by atoms with Crippen molar-refractivity contribution in [1.82, 2.24) is 14.6 Å². The van der Waals surface area contributed by atoms with Gasteiger partial charge in [0.1, 0.15) is 0 Å². The third kappa shape index (κ3) is 4.76. The van der Waals surface area contributed by atoms with E-state index in [1.807, 2.05) is 32.9 Å². The summed E-state index contributed by atoms with van der Waals surface area (Å²) in [4.78, 5) is 28.5. The molecular formula is C21H21N5O3. The first kappa shape index (κ1) is 20.0. The number of hydrogen-bond donors (Lipinski definition) is 1. The second-order valence-corrected chi connectivity index (χ2v) is 6.71. The molecule has 2 aromatic heterocycles. The lowest BCUT2D eigenvalue weighted by Gasteiger charge is -2.11. The second-order valence-electron chi connectivity index (χ2n) is 6.71. The first-order chi connectivity index (χ1) is 13.9. The Hall–Kier alpha value is -3.73. The zero-order chi connectivity index (χ0) is 21.0. The van der Waals surface area contributed by atoms with E-state index in [4.69, 9.17) is 10.00 Å². The van der Waals surface area contributed by atoms with Gasteiger partial charge < -0.3 is 10.1 Å². The van der Waals surface area contributed by atoms with Crippen molar-refractivity contribution in [3.63, 3.8) is 0 Å². The third-order valence-electron chi connectivity index (χ3n) is 4.53. The molecule has 1 aromatic carbocycles. The molecule has 8 nitrogen and oxygen atoms in total. The summed E-state index contributed by atoms with van der Waals surface area (Å²) in [5.74, 6) is -0.902. The van der Waals surface area contributed by atoms with Crippen LogP contribution >= 0.6 is 0 Å². The van der Waals surface area contributed by atoms with E-state index < -0.39 is 11.9 Å². The number of aryl methyl sites for hydroxylation is 3. The Bertz CT molecular complexity index is 1110. The first-order valence-electron chi connectivity index (χ1n) is 9.15. The minimum atomic E-state index is -0.462. The summed E-state index contributed by atoms with van der Waals surface area (Å²) < 4.78 is 6.84. The molecule has 0 fully saturated rings. The lowest BCUT2D eigenvalue weighted by Crippen LogP contribution is -2.21. The van der Waals surface area contributed by atoms with Crippen LogP contribution in [0.4, 0.5) is 5.69 Å². The van der Waals surface area contributed by atoms with Crippen molar-refractivity contribution >= 4 is 23.2 Å². The average Bonchev–Trinajstić information content (AvgIpc) is 3.07. The van der Waals surface area contributed by atoms with Crippen molar-refractivity contribution < 1.29 is 14.3 Å². The van der Waals surface area contributed by atoms with E-state index in [1.165, 1.54) is 0 Å². The Balaban J connectivity index is 1.53. The van der Waals surface area contributed by atoms with Gasteiger partial charge in [-0.25, -0.2) is 9.50 Å². The van der Waals surface area contributed by atoms with Gasteiger partial charge in [-0.05, 0) is 57.0 Å². The van der Waals surface area contributed by atoms with Crippen LogP contribution in [0.3, 0.4) is 0 Å². The molecule has 3 aromatic rings. The number of anilines is 1. The molecular weight excluding hydrogens is 370 g/mol. The van der Waals surface area contributed by atoms with E-state index in [0.29, 0.717) is 17.7 Å². The Kier molecular flexibility index (Phi) is 5.88. The number of esters is 1. The van der Waals surface area contributed by atoms with Crippen molar-refractivity contribution in [2.75, 3.05) is 11.9 Å². The molecule has 3 rings (SSSR count). The highest BCUT2D eigenvalue weighted by atomic mass is 16.5. The third-order valence-corrected chi connectivity index (χ3v) is 4.53. The highest BCUT2D eigenvalue weighted by Gasteiger charge is 2.14. The van der Waals surface area contributed by atoms with Crippen LogP contribution in [0.2, 0.25) is 0 Å². The van der Waals surface area contributed by atoms with Crippen LogP contribution in [-0.2, 0) is 20.7 Å². The first-order valence-corrected chi connectivity index (χ1v) is 9.15. The Morgan fingerprint density at radius 2 is 1.93 bits per heavy atom. The standard InChI is InChI=1S/C21H21N5O3/c1-13-10-19-23-14(2)18(15(3)26(19)25-13)8-9-21(28)29-12-20(27)24-17-6-4-16(11-22)5-7-17/h4-7,10H,8-9,12H2,1-3H3,(H,24,27). The van der Waals surface area contributed by atoms with Crippen molar-refractivity contribution in [2.24, 2.45) is 0 Å². The summed E-state index contributed by atoms with van der Waals surface area (Å²) in [6, 6.07) is 10.3. The second kappa shape index (κ2) is 8.52. The van der Waals surface area contributed by atoms with Gasteiger partial charge in [0.2, 0.25) is 0 Å². The normalized spacial score (nSPS) is 10.6. The number of benzene rings is 1. The number of carbonyl (C=O) groups excluding carboxylic acids is 2. The van der Waals surface area contributed by atoms with Gasteiger partial charge >= 0.3 is 5.97 Å². The predicted molar refractivity (Wildman–Crippen MR) is 106 cm³/mol. The average molecular weight is 391 g/mol. The molecule has 0 aliphatic heterocycles. The number of ether oxygens (including phenoxy) is 1. The maximum absolute atomic E-state index is 12.1. The fourth-order valence-electron chi connectivity index (χ4n) is 3.07. The van der Waals surface area contributed by atoms with Gasteiger partial charge in [-0.1, -0.05) is 0 Å². The molecule has 1 amide bonds. The van der Waals surface area contributed by atoms with Gasteiger partial charge in [0.25, 0.3) is 5.91 Å². The zero-order valence-corrected chi connectivity index (χ0v) is 16.5. The molecule has 29 heavy (non-hydrogen) atoms. The van der Waals surface area contributed by atoms with Gasteiger partial charge in [-0.2, -0.15) is 10.4 Å². The number of fused-ring (bicyclic) bond motifs is 1. The fraction of sp³-hybridized carbons (Fsp3) is 0.286. The van der Waals surface area contributed by atoms with Gasteiger partial charge in [-0.3, -0.25) is 9.59 Å². The monoisotopic (exact) mass is 391 g/mol. The van der Waals surface area contributed by atoms with E-state index in [9.17, 15) is 9.59 Å². The molecule has 0 saturated carbocycles. The van der Waals surface area contributed by atoms with E-state index in [-0.39, 0.29) is 13.0 Å². The van der Waals surface area contributed by atoms with Crippen LogP contribution in [0.5, 0.6) is 0 Å². The van der Waals surface area contributed by atoms with Crippen LogP contribution in [0.1, 0.15) is 34.6 Å². The minimum Gasteiger partial charge on any atom is -0.456 e. The maximum Gasteiger partial charge on any atom is 0.306 e. The number of rotatable bonds is 6. The molecule has 0 aliphatic carbocycles. The van der Waals surface area contributed by atoms with E-state index in [0.717, 1.165) is 28.3 Å². The number of amides is 1. The van der Waals surface area contributed by atoms with Gasteiger partial charge in [0.15, 0.2) is 12.3 Å². The Morgan fingerprint density at radius 3 is 2.62 bits per heavy atom. The summed E-state index contributed by atoms with van der Waals surface area (Å²) in [7, 11) is 0. The Morgan fingerprint density at radius 1 is 1.21 bits per heavy atom. The molecule has 0 radical (unpaired) electrons. The fourth-order valence-corrected chi connectivity index (χ4v) is 3.07. The molecule has 0 atom stereocenters. The number of aromatic nitrogens is 3. The predicted octanol–water partition coefficient (Wildman–Crippen LogP) is 2.64. The Labute approximate surface area is 168 Å². The van der Waals surface area contributed by atoms with Crippen LogP contribution in [-0.4, -0.2) is 33.1 Å². The summed E-state index contributed by atoms with van der Waals surface area (Å²) in [5, 5.41) is 15.8. The molecule has 8 heteroatoms. The molecule has 0 spiro atoms. The minimum absolute atomic E-state index is 0.138. The number of hydrogen-bond acceptors (Lipinski definition) is 6. The highest BCUT2D eigenvalue weighted by molar-refractivity contribution is 5.92. The van der Waals surface area contributed by atoms with Crippen LogP contribution in [0.15, 0.2) is 30.3 Å². The highest BCUT2D eigenvalue weighted by Crippen LogP contribution is 2.17. The van der Waals surface area contributed by atoms with Crippen molar-refractivity contribution in [1.29, 1.82) is 5.26 Å². The lowest BCUT2D eigenvalue weighted by molar-refractivity contribution is -0.147. The van der Waals surface area contributed by atoms with Gasteiger partial charge in [-0.15, -0.1) is 0 Å². The van der Waals surface area contributed by atoms with Gasteiger partial charge in [0.05, 0.1) is 17.3 Å². The summed E-state index contributed by atoms with van der Waals surface area (Å²) in [6.45, 7) is 5.39. The zero-order valence-electron chi connectivity index (χ0n) is 16.5. The smallest absolute Gasteiger partial charge is 0.306 e. The molecule has 0 aliphatic rings. The van der Waals surface area contributed by atoms with Crippen molar-refractivity contribution in [3.8, 4) is 6.07 Å². The van der Waals surface area contributed by atoms with Gasteiger partial charge in [0, 0.05) is 29.6 Å². The van der Waals surface area contributed by atoms with Crippen molar-refractivity contribution in [3.05, 3.63) is 58.5 Å².